The Labute approximate surface area is 113 Å². The first kappa shape index (κ1) is 13.7. The smallest absolute Gasteiger partial charge is 0.314 e. The number of piperidine rings is 1. The van der Waals surface area contributed by atoms with Crippen LogP contribution in [0.3, 0.4) is 0 Å². The van der Waals surface area contributed by atoms with Gasteiger partial charge in [-0.2, -0.15) is 0 Å². The predicted octanol–water partition coefficient (Wildman–Crippen LogP) is 1.69. The van der Waals surface area contributed by atoms with E-state index in [0.29, 0.717) is 19.1 Å². The van der Waals surface area contributed by atoms with Crippen LogP contribution in [-0.4, -0.2) is 35.2 Å². The highest BCUT2D eigenvalue weighted by molar-refractivity contribution is 5.72. The number of rotatable bonds is 3. The van der Waals surface area contributed by atoms with Gasteiger partial charge in [-0.05, 0) is 25.8 Å². The van der Waals surface area contributed by atoms with Gasteiger partial charge in [0.15, 0.2) is 0 Å². The van der Waals surface area contributed by atoms with Crippen molar-refractivity contribution in [2.75, 3.05) is 18.4 Å². The van der Waals surface area contributed by atoms with E-state index < -0.39 is 6.10 Å². The summed E-state index contributed by atoms with van der Waals surface area (Å²) in [7, 11) is 0. The van der Waals surface area contributed by atoms with E-state index in [1.807, 2.05) is 24.3 Å². The van der Waals surface area contributed by atoms with Gasteiger partial charge < -0.3 is 21.1 Å². The molecule has 1 fully saturated rings. The number of hydrogen-bond acceptors (Lipinski definition) is 3. The van der Waals surface area contributed by atoms with Crippen LogP contribution in [0.4, 0.5) is 10.5 Å². The highest BCUT2D eigenvalue weighted by Crippen LogP contribution is 2.24. The van der Waals surface area contributed by atoms with E-state index in [1.165, 1.54) is 0 Å². The summed E-state index contributed by atoms with van der Waals surface area (Å²) in [5.41, 5.74) is 7.13. The number of benzene rings is 1. The van der Waals surface area contributed by atoms with Crippen LogP contribution >= 0.6 is 0 Å². The van der Waals surface area contributed by atoms with Crippen molar-refractivity contribution in [3.63, 3.8) is 0 Å². The van der Waals surface area contributed by atoms with Crippen molar-refractivity contribution in [2.24, 2.45) is 5.73 Å². The van der Waals surface area contributed by atoms with E-state index in [1.54, 1.807) is 11.8 Å². The van der Waals surface area contributed by atoms with Crippen molar-refractivity contribution in [1.82, 2.24) is 4.90 Å². The molecule has 1 aromatic rings. The minimum absolute atomic E-state index is 0.315. The summed E-state index contributed by atoms with van der Waals surface area (Å²) in [6, 6.07) is 7.74. The number of nitrogens with one attached hydrogen (secondary N) is 1. The Morgan fingerprint density at radius 3 is 2.63 bits per heavy atom. The first-order valence-corrected chi connectivity index (χ1v) is 6.66. The quantitative estimate of drug-likeness (QED) is 0.776. The van der Waals surface area contributed by atoms with E-state index in [-0.39, 0.29) is 6.03 Å². The molecular weight excluding hydrogens is 242 g/mol. The fourth-order valence-corrected chi connectivity index (χ4v) is 2.46. The third kappa shape index (κ3) is 3.38. The number of primary amides is 1. The lowest BCUT2D eigenvalue weighted by Gasteiger charge is -2.32. The number of likely N-dealkylation sites (tertiary alicyclic amines) is 1. The summed E-state index contributed by atoms with van der Waals surface area (Å²) < 4.78 is 0. The van der Waals surface area contributed by atoms with Gasteiger partial charge in [0.25, 0.3) is 0 Å². The van der Waals surface area contributed by atoms with Crippen LogP contribution in [0.1, 0.15) is 31.4 Å². The zero-order valence-electron chi connectivity index (χ0n) is 11.2. The van der Waals surface area contributed by atoms with Crippen molar-refractivity contribution in [1.29, 1.82) is 0 Å². The van der Waals surface area contributed by atoms with Crippen LogP contribution in [0, 0.1) is 0 Å². The van der Waals surface area contributed by atoms with Gasteiger partial charge in [0.1, 0.15) is 0 Å². The number of amides is 2. The normalized spacial score (nSPS) is 18.1. The van der Waals surface area contributed by atoms with Gasteiger partial charge in [-0.3, -0.25) is 0 Å². The minimum atomic E-state index is -0.491. The molecular formula is C14H21N3O2. The molecule has 1 aliphatic heterocycles. The van der Waals surface area contributed by atoms with E-state index in [2.05, 4.69) is 5.32 Å². The molecule has 1 atom stereocenters. The number of aliphatic hydroxyl groups excluding tert-OH is 1. The molecule has 1 aromatic carbocycles. The van der Waals surface area contributed by atoms with Crippen LogP contribution < -0.4 is 11.1 Å². The van der Waals surface area contributed by atoms with E-state index in [0.717, 1.165) is 24.1 Å². The number of anilines is 1. The summed E-state index contributed by atoms with van der Waals surface area (Å²) in [6.07, 6.45) is 1.25. The number of urea groups is 1. The molecule has 104 valence electrons. The van der Waals surface area contributed by atoms with Crippen LogP contribution in [0.5, 0.6) is 0 Å². The van der Waals surface area contributed by atoms with E-state index in [4.69, 9.17) is 5.73 Å². The molecule has 1 saturated heterocycles. The third-order valence-corrected chi connectivity index (χ3v) is 3.58. The largest absolute Gasteiger partial charge is 0.389 e. The zero-order valence-corrected chi connectivity index (χ0v) is 11.2. The standard InChI is InChI=1S/C14H21N3O2/c1-10(18)12-4-2-3-5-13(12)16-11-6-8-17(9-7-11)14(15)19/h2-5,10-11,16,18H,6-9H2,1H3,(H2,15,19). The lowest BCUT2D eigenvalue weighted by atomic mass is 10.0. The summed E-state index contributed by atoms with van der Waals surface area (Å²) in [6.45, 7) is 3.13. The summed E-state index contributed by atoms with van der Waals surface area (Å²) >= 11 is 0. The first-order valence-electron chi connectivity index (χ1n) is 6.66. The van der Waals surface area contributed by atoms with Crippen LogP contribution in [-0.2, 0) is 0 Å². The van der Waals surface area contributed by atoms with Crippen LogP contribution in [0.15, 0.2) is 24.3 Å². The number of nitrogens with zero attached hydrogens (tertiary/aromatic N) is 1. The number of aliphatic hydroxyl groups is 1. The van der Waals surface area contributed by atoms with Gasteiger partial charge in [0, 0.05) is 30.4 Å². The molecule has 1 unspecified atom stereocenters. The molecule has 1 aliphatic rings. The Balaban J connectivity index is 1.98. The zero-order chi connectivity index (χ0) is 13.8. The molecule has 1 heterocycles. The van der Waals surface area contributed by atoms with Crippen molar-refractivity contribution in [2.45, 2.75) is 31.9 Å². The highest BCUT2D eigenvalue weighted by Gasteiger charge is 2.21. The second-order valence-electron chi connectivity index (χ2n) is 5.01. The molecule has 2 amide bonds. The van der Waals surface area contributed by atoms with E-state index in [9.17, 15) is 9.90 Å². The Hall–Kier alpha value is -1.75. The third-order valence-electron chi connectivity index (χ3n) is 3.58. The maximum atomic E-state index is 11.1. The lowest BCUT2D eigenvalue weighted by Crippen LogP contribution is -2.44. The average Bonchev–Trinajstić information content (AvgIpc) is 2.39. The van der Waals surface area contributed by atoms with Gasteiger partial charge >= 0.3 is 6.03 Å². The Kier molecular flexibility index (Phi) is 4.27. The highest BCUT2D eigenvalue weighted by atomic mass is 16.3. The van der Waals surface area contributed by atoms with Crippen LogP contribution in [0.25, 0.3) is 0 Å². The number of para-hydroxylation sites is 1. The Morgan fingerprint density at radius 1 is 1.42 bits per heavy atom. The van der Waals surface area contributed by atoms with Gasteiger partial charge in [-0.15, -0.1) is 0 Å². The Morgan fingerprint density at radius 2 is 2.05 bits per heavy atom. The van der Waals surface area contributed by atoms with E-state index >= 15 is 0 Å². The molecule has 0 bridgehead atoms. The number of nitrogens with two attached hydrogens (primary N) is 1. The maximum absolute atomic E-state index is 11.1. The molecule has 0 aromatic heterocycles. The molecule has 0 saturated carbocycles. The number of carbonyl (C=O) groups excluding carboxylic acids is 1. The molecule has 4 N–H and O–H groups in total. The molecule has 0 spiro atoms. The molecule has 19 heavy (non-hydrogen) atoms. The molecule has 2 rings (SSSR count). The van der Waals surface area contributed by atoms with Crippen molar-refractivity contribution in [3.8, 4) is 0 Å². The SMILES string of the molecule is CC(O)c1ccccc1NC1CCN(C(N)=O)CC1. The first-order chi connectivity index (χ1) is 9.08. The van der Waals surface area contributed by atoms with Crippen molar-refractivity contribution >= 4 is 11.7 Å². The summed E-state index contributed by atoms with van der Waals surface area (Å²) in [5, 5.41) is 13.2. The summed E-state index contributed by atoms with van der Waals surface area (Å²) in [4.78, 5) is 12.7. The van der Waals surface area contributed by atoms with Gasteiger partial charge in [0.2, 0.25) is 0 Å². The van der Waals surface area contributed by atoms with Crippen molar-refractivity contribution in [3.05, 3.63) is 29.8 Å². The molecule has 5 heteroatoms. The second kappa shape index (κ2) is 5.93. The molecule has 5 nitrogen and oxygen atoms in total. The lowest BCUT2D eigenvalue weighted by molar-refractivity contribution is 0.192. The van der Waals surface area contributed by atoms with Crippen molar-refractivity contribution < 1.29 is 9.90 Å². The molecule has 0 radical (unpaired) electrons. The van der Waals surface area contributed by atoms with Gasteiger partial charge in [0.05, 0.1) is 6.10 Å². The van der Waals surface area contributed by atoms with Gasteiger partial charge in [-0.25, -0.2) is 4.79 Å². The topological polar surface area (TPSA) is 78.6 Å². The monoisotopic (exact) mass is 263 g/mol. The van der Waals surface area contributed by atoms with Gasteiger partial charge in [-0.1, -0.05) is 18.2 Å². The summed E-state index contributed by atoms with van der Waals surface area (Å²) in [5.74, 6) is 0. The molecule has 0 aliphatic carbocycles. The Bertz CT molecular complexity index is 440. The minimum Gasteiger partial charge on any atom is -0.389 e. The maximum Gasteiger partial charge on any atom is 0.314 e. The fourth-order valence-electron chi connectivity index (χ4n) is 2.46. The average molecular weight is 263 g/mol. The predicted molar refractivity (Wildman–Crippen MR) is 74.9 cm³/mol. The second-order valence-corrected chi connectivity index (χ2v) is 5.01. The number of hydrogen-bond donors (Lipinski definition) is 3. The fraction of sp³-hybridized carbons (Fsp3) is 0.500. The van der Waals surface area contributed by atoms with Crippen LogP contribution in [0.2, 0.25) is 0 Å². The number of carbonyl (C=O) groups is 1.